The monoisotopic (exact) mass is 478 g/mol. The Morgan fingerprint density at radius 2 is 1.85 bits per heavy atom. The smallest absolute Gasteiger partial charge is 0.254 e. The number of nitrogens with one attached hydrogen (secondary N) is 2. The summed E-state index contributed by atoms with van der Waals surface area (Å²) in [4.78, 5) is 40.5. The Kier molecular flexibility index (Phi) is 8.95. The van der Waals surface area contributed by atoms with Crippen molar-refractivity contribution in [2.24, 2.45) is 5.73 Å². The van der Waals surface area contributed by atoms with Gasteiger partial charge in [0.05, 0.1) is 18.0 Å². The molecule has 1 fully saturated rings. The Hall–Kier alpha value is -2.10. The Bertz CT molecular complexity index is 841. The highest BCUT2D eigenvalue weighted by atomic mass is 32.2. The molecule has 33 heavy (non-hydrogen) atoms. The Morgan fingerprint density at radius 1 is 1.24 bits per heavy atom. The average molecular weight is 479 g/mol. The lowest BCUT2D eigenvalue weighted by molar-refractivity contribution is -0.148. The van der Waals surface area contributed by atoms with Crippen molar-refractivity contribution in [1.82, 2.24) is 15.5 Å². The predicted molar refractivity (Wildman–Crippen MR) is 131 cm³/mol. The van der Waals surface area contributed by atoms with E-state index in [1.54, 1.807) is 6.92 Å². The van der Waals surface area contributed by atoms with E-state index in [1.807, 2.05) is 65.0 Å². The van der Waals surface area contributed by atoms with Crippen LogP contribution in [0.25, 0.3) is 0 Å². The molecule has 5 N–H and O–H groups in total. The molecule has 0 aromatic heterocycles. The van der Waals surface area contributed by atoms with Gasteiger partial charge in [-0.05, 0) is 53.0 Å². The molecule has 9 heteroatoms. The van der Waals surface area contributed by atoms with Crippen LogP contribution in [0.5, 0.6) is 0 Å². The lowest BCUT2D eigenvalue weighted by atomic mass is 9.96. The maximum atomic E-state index is 13.5. The zero-order valence-electron chi connectivity index (χ0n) is 20.4. The Labute approximate surface area is 201 Å². The third kappa shape index (κ3) is 7.19. The van der Waals surface area contributed by atoms with Gasteiger partial charge < -0.3 is 26.4 Å². The minimum atomic E-state index is -1.53. The molecule has 0 bridgehead atoms. The van der Waals surface area contributed by atoms with Crippen molar-refractivity contribution < 1.29 is 19.5 Å². The van der Waals surface area contributed by atoms with Crippen molar-refractivity contribution in [2.45, 2.75) is 88.9 Å². The highest BCUT2D eigenvalue weighted by Gasteiger charge is 2.50. The first kappa shape index (κ1) is 27.1. The number of hydrogen-bond donors (Lipinski definition) is 4. The third-order valence-electron chi connectivity index (χ3n) is 5.61. The zero-order valence-corrected chi connectivity index (χ0v) is 21.2. The van der Waals surface area contributed by atoms with Crippen molar-refractivity contribution in [3.63, 3.8) is 0 Å². The van der Waals surface area contributed by atoms with Crippen molar-refractivity contribution in [3.05, 3.63) is 35.9 Å². The number of aliphatic hydroxyl groups excluding tert-OH is 1. The quantitative estimate of drug-likeness (QED) is 0.448. The third-order valence-corrected chi connectivity index (χ3v) is 6.99. The topological polar surface area (TPSA) is 125 Å². The number of hydrogen-bond acceptors (Lipinski definition) is 6. The molecule has 184 valence electrons. The van der Waals surface area contributed by atoms with Gasteiger partial charge in [-0.3, -0.25) is 14.4 Å². The zero-order chi connectivity index (χ0) is 25.0. The van der Waals surface area contributed by atoms with Gasteiger partial charge in [-0.2, -0.15) is 0 Å². The van der Waals surface area contributed by atoms with Gasteiger partial charge in [0.15, 0.2) is 6.10 Å². The minimum Gasteiger partial charge on any atom is -0.381 e. The fourth-order valence-corrected chi connectivity index (χ4v) is 4.92. The SMILES string of the molecule is CC[C@H](N)C(=O)N[C@@H](Cc1ccccc1)[C@H](O)C(=O)N1CSC(C)(C)[C@H]1C(=O)NC(C)(C)C. The van der Waals surface area contributed by atoms with Crippen LogP contribution in [0.2, 0.25) is 0 Å². The summed E-state index contributed by atoms with van der Waals surface area (Å²) < 4.78 is -0.534. The molecule has 4 atom stereocenters. The fraction of sp³-hybridized carbons (Fsp3) is 0.625. The maximum absolute atomic E-state index is 13.5. The molecular weight excluding hydrogens is 440 g/mol. The van der Waals surface area contributed by atoms with Crippen LogP contribution in [0.4, 0.5) is 0 Å². The van der Waals surface area contributed by atoms with Gasteiger partial charge in [-0.15, -0.1) is 11.8 Å². The Morgan fingerprint density at radius 3 is 2.39 bits per heavy atom. The molecule has 0 spiro atoms. The number of carbonyl (C=O) groups excluding carboxylic acids is 3. The molecule has 1 aliphatic heterocycles. The molecule has 1 aromatic carbocycles. The van der Waals surface area contributed by atoms with Gasteiger partial charge in [-0.25, -0.2) is 0 Å². The van der Waals surface area contributed by atoms with Crippen LogP contribution in [0.3, 0.4) is 0 Å². The largest absolute Gasteiger partial charge is 0.381 e. The summed E-state index contributed by atoms with van der Waals surface area (Å²) in [5.41, 5.74) is 6.26. The summed E-state index contributed by atoms with van der Waals surface area (Å²) in [5, 5.41) is 16.8. The first-order valence-electron chi connectivity index (χ1n) is 11.3. The van der Waals surface area contributed by atoms with Crippen LogP contribution < -0.4 is 16.4 Å². The normalized spacial score (nSPS) is 20.6. The van der Waals surface area contributed by atoms with Gasteiger partial charge in [-0.1, -0.05) is 37.3 Å². The number of benzene rings is 1. The molecule has 0 aliphatic carbocycles. The van der Waals surface area contributed by atoms with Gasteiger partial charge in [0.1, 0.15) is 6.04 Å². The fourth-order valence-electron chi connectivity index (χ4n) is 3.78. The summed E-state index contributed by atoms with van der Waals surface area (Å²) in [6, 6.07) is 6.93. The second kappa shape index (κ2) is 10.9. The van der Waals surface area contributed by atoms with E-state index < -0.39 is 46.3 Å². The number of aliphatic hydroxyl groups is 1. The van der Waals surface area contributed by atoms with Crippen LogP contribution in [-0.2, 0) is 20.8 Å². The molecule has 3 amide bonds. The molecule has 2 rings (SSSR count). The summed E-state index contributed by atoms with van der Waals surface area (Å²) in [7, 11) is 0. The maximum Gasteiger partial charge on any atom is 0.254 e. The van der Waals surface area contributed by atoms with Gasteiger partial charge in [0, 0.05) is 10.3 Å². The molecular formula is C24H38N4O4S. The molecule has 8 nitrogen and oxygen atoms in total. The summed E-state index contributed by atoms with van der Waals surface area (Å²) in [5.74, 6) is -1.02. The number of thioether (sulfide) groups is 1. The van der Waals surface area contributed by atoms with Crippen molar-refractivity contribution in [1.29, 1.82) is 0 Å². The highest BCUT2D eigenvalue weighted by Crippen LogP contribution is 2.40. The van der Waals surface area contributed by atoms with Crippen LogP contribution in [0.15, 0.2) is 30.3 Å². The number of rotatable bonds is 8. The summed E-state index contributed by atoms with van der Waals surface area (Å²) in [6.07, 6.45) is -0.850. The van der Waals surface area contributed by atoms with Crippen LogP contribution in [-0.4, -0.2) is 68.1 Å². The first-order chi connectivity index (χ1) is 15.3. The van der Waals surface area contributed by atoms with Crippen LogP contribution in [0.1, 0.15) is 53.5 Å². The van der Waals surface area contributed by atoms with Gasteiger partial charge >= 0.3 is 0 Å². The predicted octanol–water partition coefficient (Wildman–Crippen LogP) is 1.41. The highest BCUT2D eigenvalue weighted by molar-refractivity contribution is 8.00. The van der Waals surface area contributed by atoms with E-state index in [2.05, 4.69) is 10.6 Å². The van der Waals surface area contributed by atoms with E-state index in [9.17, 15) is 19.5 Å². The van der Waals surface area contributed by atoms with Crippen molar-refractivity contribution >= 4 is 29.5 Å². The van der Waals surface area contributed by atoms with Crippen molar-refractivity contribution in [3.8, 4) is 0 Å². The van der Waals surface area contributed by atoms with Crippen LogP contribution >= 0.6 is 11.8 Å². The van der Waals surface area contributed by atoms with E-state index in [0.717, 1.165) is 5.56 Å². The molecule has 1 saturated heterocycles. The second-order valence-electron chi connectivity index (χ2n) is 10.1. The van der Waals surface area contributed by atoms with E-state index in [0.29, 0.717) is 6.42 Å². The molecule has 0 saturated carbocycles. The second-order valence-corrected chi connectivity index (χ2v) is 11.7. The minimum absolute atomic E-state index is 0.249. The summed E-state index contributed by atoms with van der Waals surface area (Å²) >= 11 is 1.48. The van der Waals surface area contributed by atoms with E-state index >= 15 is 0 Å². The van der Waals surface area contributed by atoms with E-state index in [4.69, 9.17) is 5.73 Å². The number of nitrogens with two attached hydrogens (primary N) is 1. The van der Waals surface area contributed by atoms with E-state index in [-0.39, 0.29) is 18.2 Å². The van der Waals surface area contributed by atoms with E-state index in [1.165, 1.54) is 16.7 Å². The standard InChI is InChI=1S/C24H38N4O4S/c1-7-16(25)20(30)26-17(13-15-11-9-8-10-12-15)18(29)22(32)28-14-33-24(5,6)19(28)21(31)27-23(2,3)4/h8-12,16-19,29H,7,13-14,25H2,1-6H3,(H,26,30)(H,27,31)/t16-,17-,18-,19+/m0/s1. The molecule has 1 aliphatic rings. The lowest BCUT2D eigenvalue weighted by Crippen LogP contribution is -2.61. The molecule has 0 radical (unpaired) electrons. The van der Waals surface area contributed by atoms with Crippen molar-refractivity contribution in [2.75, 3.05) is 5.88 Å². The molecule has 1 aromatic rings. The summed E-state index contributed by atoms with van der Waals surface area (Å²) in [6.45, 7) is 11.2. The first-order valence-corrected chi connectivity index (χ1v) is 12.3. The molecule has 0 unspecified atom stereocenters. The molecule has 1 heterocycles. The number of amides is 3. The Balaban J connectivity index is 2.29. The number of carbonyl (C=O) groups is 3. The van der Waals surface area contributed by atoms with Gasteiger partial charge in [0.25, 0.3) is 5.91 Å². The number of nitrogens with zero attached hydrogens (tertiary/aromatic N) is 1. The van der Waals surface area contributed by atoms with Crippen LogP contribution in [0, 0.1) is 0 Å². The lowest BCUT2D eigenvalue weighted by Gasteiger charge is -2.35. The van der Waals surface area contributed by atoms with Gasteiger partial charge in [0.2, 0.25) is 11.8 Å². The average Bonchev–Trinajstić information content (AvgIpc) is 3.06.